The molecule has 0 saturated heterocycles. The normalized spacial score (nSPS) is 7.47. The SMILES string of the molecule is O=C(O)CC(=O)O.O=C(O)CC(=O)O.[Co]. The summed E-state index contributed by atoms with van der Waals surface area (Å²) in [7, 11) is 0. The van der Waals surface area contributed by atoms with Gasteiger partial charge in [0.05, 0.1) is 0 Å². The minimum Gasteiger partial charge on any atom is -0.481 e. The molecule has 89 valence electrons. The molecule has 8 nitrogen and oxygen atoms in total. The Labute approximate surface area is 93.7 Å². The first-order chi connectivity index (χ1) is 6.25. The van der Waals surface area contributed by atoms with Crippen LogP contribution >= 0.6 is 0 Å². The quantitative estimate of drug-likeness (QED) is 0.478. The Morgan fingerprint density at radius 1 is 0.600 bits per heavy atom. The fraction of sp³-hybridized carbons (Fsp3) is 0.333. The Hall–Kier alpha value is -1.61. The molecule has 1 radical (unpaired) electrons. The summed E-state index contributed by atoms with van der Waals surface area (Å²) in [6.07, 6.45) is -1.61. The van der Waals surface area contributed by atoms with E-state index in [0.717, 1.165) is 0 Å². The Kier molecular flexibility index (Phi) is 13.3. The van der Waals surface area contributed by atoms with Gasteiger partial charge in [0.2, 0.25) is 0 Å². The summed E-state index contributed by atoms with van der Waals surface area (Å²) in [5.41, 5.74) is 0. The summed E-state index contributed by atoms with van der Waals surface area (Å²) >= 11 is 0. The summed E-state index contributed by atoms with van der Waals surface area (Å²) in [5, 5.41) is 30.8. The number of aliphatic carboxylic acids is 4. The molecule has 0 atom stereocenters. The molecule has 0 saturated carbocycles. The summed E-state index contributed by atoms with van der Waals surface area (Å²) in [6.45, 7) is 0. The number of rotatable bonds is 4. The second-order valence-electron chi connectivity index (χ2n) is 1.93. The molecule has 9 heteroatoms. The molecule has 0 aromatic carbocycles. The topological polar surface area (TPSA) is 149 Å². The number of hydrogen-bond acceptors (Lipinski definition) is 4. The van der Waals surface area contributed by atoms with Crippen LogP contribution in [0.5, 0.6) is 0 Å². The molecule has 0 aromatic rings. The second kappa shape index (κ2) is 10.5. The Morgan fingerprint density at radius 3 is 0.733 bits per heavy atom. The molecule has 0 amide bonds. The fourth-order valence-corrected chi connectivity index (χ4v) is 0.259. The number of carboxylic acids is 4. The van der Waals surface area contributed by atoms with E-state index in [1.165, 1.54) is 0 Å². The second-order valence-corrected chi connectivity index (χ2v) is 1.93. The van der Waals surface area contributed by atoms with Crippen LogP contribution in [0.1, 0.15) is 12.8 Å². The first-order valence-corrected chi connectivity index (χ1v) is 3.13. The molecule has 0 rings (SSSR count). The van der Waals surface area contributed by atoms with Crippen LogP contribution in [-0.4, -0.2) is 44.3 Å². The van der Waals surface area contributed by atoms with E-state index in [2.05, 4.69) is 0 Å². The molecule has 4 N–H and O–H groups in total. The molecule has 0 heterocycles. The Morgan fingerprint density at radius 2 is 0.733 bits per heavy atom. The van der Waals surface area contributed by atoms with Crippen molar-refractivity contribution in [3.8, 4) is 0 Å². The van der Waals surface area contributed by atoms with E-state index in [0.29, 0.717) is 0 Å². The monoisotopic (exact) mass is 267 g/mol. The predicted molar refractivity (Wildman–Crippen MR) is 39.8 cm³/mol. The third-order valence-electron chi connectivity index (χ3n) is 0.605. The van der Waals surface area contributed by atoms with Gasteiger partial charge in [0.15, 0.2) is 0 Å². The van der Waals surface area contributed by atoms with Crippen LogP contribution in [0.3, 0.4) is 0 Å². The van der Waals surface area contributed by atoms with Crippen LogP contribution in [0.25, 0.3) is 0 Å². The van der Waals surface area contributed by atoms with Crippen LogP contribution in [-0.2, 0) is 36.0 Å². The molecule has 0 spiro atoms. The maximum Gasteiger partial charge on any atom is 0.314 e. The van der Waals surface area contributed by atoms with Crippen molar-refractivity contribution in [1.29, 1.82) is 0 Å². The maximum absolute atomic E-state index is 9.43. The first-order valence-electron chi connectivity index (χ1n) is 3.13. The minimum atomic E-state index is -1.31. The van der Waals surface area contributed by atoms with E-state index in [1.54, 1.807) is 0 Å². The standard InChI is InChI=1S/2C3H4O4.Co/c2*4-2(5)1-3(6)7;/h2*1H2,(H,4,5)(H,6,7);. The van der Waals surface area contributed by atoms with Gasteiger partial charge in [0.25, 0.3) is 0 Å². The van der Waals surface area contributed by atoms with Crippen molar-refractivity contribution in [2.24, 2.45) is 0 Å². The predicted octanol–water partition coefficient (Wildman–Crippen LogP) is -0.911. The van der Waals surface area contributed by atoms with Gasteiger partial charge in [-0.05, 0) is 0 Å². The molecular formula is C6H8CoO8. The first kappa shape index (κ1) is 19.0. The summed E-state index contributed by atoms with van der Waals surface area (Å²) in [6, 6.07) is 0. The molecule has 0 aliphatic heterocycles. The van der Waals surface area contributed by atoms with Crippen LogP contribution in [0.2, 0.25) is 0 Å². The van der Waals surface area contributed by atoms with Gasteiger partial charge in [-0.1, -0.05) is 0 Å². The van der Waals surface area contributed by atoms with Crippen molar-refractivity contribution < 1.29 is 56.4 Å². The number of carbonyl (C=O) groups is 4. The van der Waals surface area contributed by atoms with Crippen LogP contribution in [0, 0.1) is 0 Å². The zero-order chi connectivity index (χ0) is 11.7. The molecule has 0 unspecified atom stereocenters. The fourth-order valence-electron chi connectivity index (χ4n) is 0.259. The van der Waals surface area contributed by atoms with Gasteiger partial charge in [-0.15, -0.1) is 0 Å². The average Bonchev–Trinajstić information content (AvgIpc) is 1.79. The zero-order valence-electron chi connectivity index (χ0n) is 7.17. The van der Waals surface area contributed by atoms with Crippen molar-refractivity contribution in [3.63, 3.8) is 0 Å². The molecule has 0 aromatic heterocycles. The summed E-state index contributed by atoms with van der Waals surface area (Å²) in [4.78, 5) is 37.7. The zero-order valence-corrected chi connectivity index (χ0v) is 8.21. The van der Waals surface area contributed by atoms with E-state index < -0.39 is 36.7 Å². The third kappa shape index (κ3) is 32.8. The van der Waals surface area contributed by atoms with E-state index in [9.17, 15) is 19.2 Å². The average molecular weight is 267 g/mol. The molecule has 15 heavy (non-hydrogen) atoms. The van der Waals surface area contributed by atoms with Crippen molar-refractivity contribution in [1.82, 2.24) is 0 Å². The number of carboxylic acid groups (broad SMARTS) is 4. The minimum absolute atomic E-state index is 0. The van der Waals surface area contributed by atoms with Gasteiger partial charge in [-0.2, -0.15) is 0 Å². The van der Waals surface area contributed by atoms with E-state index >= 15 is 0 Å². The van der Waals surface area contributed by atoms with E-state index in [-0.39, 0.29) is 16.8 Å². The van der Waals surface area contributed by atoms with Crippen molar-refractivity contribution in [2.75, 3.05) is 0 Å². The van der Waals surface area contributed by atoms with E-state index in [1.807, 2.05) is 0 Å². The molecule has 0 aliphatic carbocycles. The van der Waals surface area contributed by atoms with Gasteiger partial charge in [-0.25, -0.2) is 0 Å². The third-order valence-corrected chi connectivity index (χ3v) is 0.605. The maximum atomic E-state index is 9.43. The van der Waals surface area contributed by atoms with E-state index in [4.69, 9.17) is 20.4 Å². The summed E-state index contributed by atoms with van der Waals surface area (Å²) in [5.74, 6) is -5.25. The largest absolute Gasteiger partial charge is 0.481 e. The Bertz CT molecular complexity index is 198. The van der Waals surface area contributed by atoms with Crippen molar-refractivity contribution >= 4 is 23.9 Å². The molecule has 0 bridgehead atoms. The summed E-state index contributed by atoms with van der Waals surface area (Å²) < 4.78 is 0. The smallest absolute Gasteiger partial charge is 0.314 e. The van der Waals surface area contributed by atoms with Gasteiger partial charge in [-0.3, -0.25) is 19.2 Å². The van der Waals surface area contributed by atoms with Gasteiger partial charge >= 0.3 is 23.9 Å². The van der Waals surface area contributed by atoms with Crippen molar-refractivity contribution in [3.05, 3.63) is 0 Å². The van der Waals surface area contributed by atoms with Crippen LogP contribution < -0.4 is 0 Å². The van der Waals surface area contributed by atoms with Gasteiger partial charge < -0.3 is 20.4 Å². The molecule has 0 aliphatic rings. The van der Waals surface area contributed by atoms with Crippen molar-refractivity contribution in [2.45, 2.75) is 12.8 Å². The number of hydrogen-bond donors (Lipinski definition) is 4. The molecule has 0 fully saturated rings. The van der Waals surface area contributed by atoms with Crippen LogP contribution in [0.15, 0.2) is 0 Å². The Balaban J connectivity index is -0.000000180. The molecular weight excluding hydrogens is 259 g/mol. The van der Waals surface area contributed by atoms with Gasteiger partial charge in [0, 0.05) is 16.8 Å². The van der Waals surface area contributed by atoms with Gasteiger partial charge in [0.1, 0.15) is 12.8 Å². The van der Waals surface area contributed by atoms with Crippen LogP contribution in [0.4, 0.5) is 0 Å².